The number of thiophene rings is 1. The standard InChI is InChI=1S/C18H22N4O2S.C2HF3O2/c23-17(21-11-13-3-1-10-25-13)14-5-9-24-16-4-8-22(12-15(14)16)18-19-6-2-7-20-18;3-2(4,5)1(6)7/h1-3,6-7,10,14-16H,4-5,8-9,11-12H2,(H,21,23);(H,6,7)/t14-,15-,16-;/m1./s1. The summed E-state index contributed by atoms with van der Waals surface area (Å²) in [5.74, 6) is -1.70. The van der Waals surface area contributed by atoms with Crippen LogP contribution in [-0.2, 0) is 20.9 Å². The van der Waals surface area contributed by atoms with Crippen molar-refractivity contribution in [2.75, 3.05) is 24.6 Å². The number of carbonyl (C=O) groups excluding carboxylic acids is 1. The van der Waals surface area contributed by atoms with Crippen LogP contribution in [0.2, 0.25) is 0 Å². The van der Waals surface area contributed by atoms with Gasteiger partial charge in [0.05, 0.1) is 12.6 Å². The summed E-state index contributed by atoms with van der Waals surface area (Å²) in [6.07, 6.45) is 0.290. The lowest BCUT2D eigenvalue weighted by Crippen LogP contribution is -2.53. The van der Waals surface area contributed by atoms with E-state index >= 15 is 0 Å². The molecular weight excluding hydrogens is 449 g/mol. The number of hydrogen-bond acceptors (Lipinski definition) is 7. The summed E-state index contributed by atoms with van der Waals surface area (Å²) in [7, 11) is 0. The minimum absolute atomic E-state index is 0.00905. The summed E-state index contributed by atoms with van der Waals surface area (Å²) >= 11 is 1.67. The fourth-order valence-electron chi connectivity index (χ4n) is 3.79. The van der Waals surface area contributed by atoms with E-state index in [1.165, 1.54) is 4.88 Å². The minimum atomic E-state index is -5.08. The van der Waals surface area contributed by atoms with Crippen LogP contribution in [0.25, 0.3) is 0 Å². The van der Waals surface area contributed by atoms with Crippen molar-refractivity contribution in [3.63, 3.8) is 0 Å². The summed E-state index contributed by atoms with van der Waals surface area (Å²) in [5, 5.41) is 12.3. The Morgan fingerprint density at radius 1 is 1.25 bits per heavy atom. The molecule has 2 N–H and O–H groups in total. The molecule has 0 saturated carbocycles. The number of nitrogens with one attached hydrogen (secondary N) is 1. The Hall–Kier alpha value is -2.73. The van der Waals surface area contributed by atoms with Crippen LogP contribution >= 0.6 is 11.3 Å². The van der Waals surface area contributed by atoms with E-state index in [1.807, 2.05) is 23.6 Å². The number of carboxylic acid groups (broad SMARTS) is 1. The number of amides is 1. The number of rotatable bonds is 4. The number of aliphatic carboxylic acids is 1. The molecule has 4 heterocycles. The van der Waals surface area contributed by atoms with Crippen molar-refractivity contribution in [2.24, 2.45) is 11.8 Å². The molecule has 1 amide bonds. The number of hydrogen-bond donors (Lipinski definition) is 2. The van der Waals surface area contributed by atoms with Gasteiger partial charge in [-0.2, -0.15) is 13.2 Å². The normalized spacial score (nSPS) is 22.8. The number of piperidine rings is 1. The topological polar surface area (TPSA) is 105 Å². The van der Waals surface area contributed by atoms with Gasteiger partial charge in [-0.3, -0.25) is 4.79 Å². The maximum Gasteiger partial charge on any atom is 0.490 e. The second kappa shape index (κ2) is 10.7. The molecule has 3 atom stereocenters. The molecular formula is C20H23F3N4O4S. The van der Waals surface area contributed by atoms with E-state index in [0.717, 1.165) is 31.9 Å². The maximum atomic E-state index is 12.8. The number of alkyl halides is 3. The fraction of sp³-hybridized carbons (Fsp3) is 0.500. The van der Waals surface area contributed by atoms with E-state index in [1.54, 1.807) is 23.7 Å². The molecule has 2 saturated heterocycles. The minimum Gasteiger partial charge on any atom is -0.475 e. The molecule has 2 fully saturated rings. The molecule has 0 bridgehead atoms. The zero-order valence-corrected chi connectivity index (χ0v) is 17.8. The van der Waals surface area contributed by atoms with Crippen molar-refractivity contribution in [1.29, 1.82) is 0 Å². The summed E-state index contributed by atoms with van der Waals surface area (Å²) in [6.45, 7) is 2.91. The average molecular weight is 472 g/mol. The van der Waals surface area contributed by atoms with E-state index in [9.17, 15) is 18.0 Å². The second-order valence-corrected chi connectivity index (χ2v) is 8.38. The van der Waals surface area contributed by atoms with Crippen LogP contribution < -0.4 is 10.2 Å². The predicted octanol–water partition coefficient (Wildman–Crippen LogP) is 2.72. The van der Waals surface area contributed by atoms with Crippen molar-refractivity contribution in [3.05, 3.63) is 40.8 Å². The highest BCUT2D eigenvalue weighted by Gasteiger charge is 2.42. The number of anilines is 1. The molecule has 4 rings (SSSR count). The Bertz CT molecular complexity index is 883. The highest BCUT2D eigenvalue weighted by Crippen LogP contribution is 2.34. The molecule has 32 heavy (non-hydrogen) atoms. The van der Waals surface area contributed by atoms with Gasteiger partial charge >= 0.3 is 12.1 Å². The van der Waals surface area contributed by atoms with Gasteiger partial charge in [-0.1, -0.05) is 6.07 Å². The average Bonchev–Trinajstić information content (AvgIpc) is 3.31. The van der Waals surface area contributed by atoms with Gasteiger partial charge in [0.15, 0.2) is 0 Å². The molecule has 0 radical (unpaired) electrons. The Labute approximate surface area is 186 Å². The maximum absolute atomic E-state index is 12.8. The third-order valence-electron chi connectivity index (χ3n) is 5.30. The van der Waals surface area contributed by atoms with E-state index in [-0.39, 0.29) is 23.8 Å². The van der Waals surface area contributed by atoms with Gasteiger partial charge in [0.2, 0.25) is 11.9 Å². The number of nitrogens with zero attached hydrogens (tertiary/aromatic N) is 3. The zero-order chi connectivity index (χ0) is 23.1. The molecule has 2 aromatic rings. The summed E-state index contributed by atoms with van der Waals surface area (Å²) in [6, 6.07) is 5.88. The first-order chi connectivity index (χ1) is 15.3. The highest BCUT2D eigenvalue weighted by atomic mass is 32.1. The van der Waals surface area contributed by atoms with E-state index in [4.69, 9.17) is 14.6 Å². The molecule has 2 aliphatic rings. The van der Waals surface area contributed by atoms with Crippen molar-refractivity contribution >= 4 is 29.2 Å². The molecule has 2 aromatic heterocycles. The van der Waals surface area contributed by atoms with Crippen LogP contribution in [0.4, 0.5) is 19.1 Å². The van der Waals surface area contributed by atoms with Gasteiger partial charge in [0.1, 0.15) is 0 Å². The molecule has 0 aromatic carbocycles. The monoisotopic (exact) mass is 472 g/mol. The molecule has 8 nitrogen and oxygen atoms in total. The van der Waals surface area contributed by atoms with Gasteiger partial charge in [-0.15, -0.1) is 11.3 Å². The third-order valence-corrected chi connectivity index (χ3v) is 6.18. The first kappa shape index (κ1) is 23.9. The van der Waals surface area contributed by atoms with Crippen molar-refractivity contribution in [1.82, 2.24) is 15.3 Å². The SMILES string of the molecule is O=C(NCc1cccs1)[C@@H]1CCO[C@@H]2CCN(c3ncccn3)C[C@@H]21.O=C(O)C(F)(F)F. The first-order valence-corrected chi connectivity index (χ1v) is 10.9. The van der Waals surface area contributed by atoms with Gasteiger partial charge in [0.25, 0.3) is 0 Å². The molecule has 0 aliphatic carbocycles. The summed E-state index contributed by atoms with van der Waals surface area (Å²) in [4.78, 5) is 33.7. The Kier molecular flexibility index (Phi) is 8.02. The van der Waals surface area contributed by atoms with Crippen LogP contribution in [-0.4, -0.2) is 58.9 Å². The number of carbonyl (C=O) groups is 2. The van der Waals surface area contributed by atoms with Crippen LogP contribution in [0, 0.1) is 11.8 Å². The lowest BCUT2D eigenvalue weighted by molar-refractivity contribution is -0.192. The smallest absolute Gasteiger partial charge is 0.475 e. The van der Waals surface area contributed by atoms with Crippen molar-refractivity contribution in [2.45, 2.75) is 31.7 Å². The van der Waals surface area contributed by atoms with E-state index in [2.05, 4.69) is 20.2 Å². The fourth-order valence-corrected chi connectivity index (χ4v) is 4.44. The summed E-state index contributed by atoms with van der Waals surface area (Å²) < 4.78 is 37.7. The Balaban J connectivity index is 0.000000360. The Morgan fingerprint density at radius 3 is 2.59 bits per heavy atom. The van der Waals surface area contributed by atoms with Gasteiger partial charge in [-0.25, -0.2) is 14.8 Å². The van der Waals surface area contributed by atoms with Crippen LogP contribution in [0.15, 0.2) is 36.0 Å². The zero-order valence-electron chi connectivity index (χ0n) is 17.0. The van der Waals surface area contributed by atoms with Gasteiger partial charge in [-0.05, 0) is 30.4 Å². The van der Waals surface area contributed by atoms with Crippen LogP contribution in [0.1, 0.15) is 17.7 Å². The number of ether oxygens (including phenoxy) is 1. The molecule has 0 spiro atoms. The lowest BCUT2D eigenvalue weighted by atomic mass is 9.79. The molecule has 2 aliphatic heterocycles. The number of halogens is 3. The quantitative estimate of drug-likeness (QED) is 0.705. The van der Waals surface area contributed by atoms with Crippen molar-refractivity contribution < 1.29 is 32.6 Å². The second-order valence-electron chi connectivity index (χ2n) is 7.35. The van der Waals surface area contributed by atoms with E-state index < -0.39 is 12.1 Å². The number of carboxylic acids is 1. The molecule has 174 valence electrons. The first-order valence-electron chi connectivity index (χ1n) is 9.99. The molecule has 0 unspecified atom stereocenters. The third kappa shape index (κ3) is 6.39. The highest BCUT2D eigenvalue weighted by molar-refractivity contribution is 7.09. The predicted molar refractivity (Wildman–Crippen MR) is 110 cm³/mol. The number of fused-ring (bicyclic) bond motifs is 1. The van der Waals surface area contributed by atoms with Gasteiger partial charge < -0.3 is 20.1 Å². The molecule has 12 heteroatoms. The van der Waals surface area contributed by atoms with Gasteiger partial charge in [0, 0.05) is 48.8 Å². The number of aromatic nitrogens is 2. The van der Waals surface area contributed by atoms with E-state index in [0.29, 0.717) is 13.2 Å². The Morgan fingerprint density at radius 2 is 1.97 bits per heavy atom. The van der Waals surface area contributed by atoms with Crippen LogP contribution in [0.3, 0.4) is 0 Å². The van der Waals surface area contributed by atoms with Crippen LogP contribution in [0.5, 0.6) is 0 Å². The lowest BCUT2D eigenvalue weighted by Gasteiger charge is -2.44. The van der Waals surface area contributed by atoms with Crippen molar-refractivity contribution in [3.8, 4) is 0 Å². The summed E-state index contributed by atoms with van der Waals surface area (Å²) in [5.41, 5.74) is 0. The largest absolute Gasteiger partial charge is 0.490 e.